The maximum absolute atomic E-state index is 8.76. The monoisotopic (exact) mass is 175 g/mol. The van der Waals surface area contributed by atoms with Gasteiger partial charge in [0.25, 0.3) is 0 Å². The molecule has 72 valence electrons. The predicted octanol–water partition coefficient (Wildman–Crippen LogP) is -0.938. The first kappa shape index (κ1) is 9.92. The molecule has 0 aromatic rings. The standard InChI is InChI=1S/C8H17NO3/c10-4-2-9(3-5-11)8-1-6-12-7-8/h8,10-11H,1-7H2. The van der Waals surface area contributed by atoms with Crippen LogP contribution in [0.1, 0.15) is 6.42 Å². The van der Waals surface area contributed by atoms with Gasteiger partial charge in [-0.2, -0.15) is 0 Å². The molecule has 2 N–H and O–H groups in total. The minimum atomic E-state index is 0.149. The van der Waals surface area contributed by atoms with Crippen LogP contribution in [-0.4, -0.2) is 60.7 Å². The summed E-state index contributed by atoms with van der Waals surface area (Å²) in [6.45, 7) is 3.11. The van der Waals surface area contributed by atoms with Crippen LogP contribution < -0.4 is 0 Å². The zero-order valence-electron chi connectivity index (χ0n) is 7.28. The molecule has 1 rings (SSSR count). The Morgan fingerprint density at radius 2 is 1.92 bits per heavy atom. The molecule has 1 saturated heterocycles. The second-order valence-corrected chi connectivity index (χ2v) is 3.00. The van der Waals surface area contributed by atoms with Crippen molar-refractivity contribution >= 4 is 0 Å². The van der Waals surface area contributed by atoms with Crippen LogP contribution in [0, 0.1) is 0 Å². The Hall–Kier alpha value is -0.160. The van der Waals surface area contributed by atoms with Crippen molar-refractivity contribution in [1.82, 2.24) is 4.90 Å². The number of aliphatic hydroxyl groups is 2. The molecule has 4 heteroatoms. The van der Waals surface area contributed by atoms with Gasteiger partial charge in [-0.1, -0.05) is 0 Å². The summed E-state index contributed by atoms with van der Waals surface area (Å²) in [4.78, 5) is 2.08. The van der Waals surface area contributed by atoms with Gasteiger partial charge in [0.05, 0.1) is 19.8 Å². The van der Waals surface area contributed by atoms with Gasteiger partial charge in [-0.15, -0.1) is 0 Å². The second kappa shape index (κ2) is 5.48. The summed E-state index contributed by atoms with van der Waals surface area (Å²) in [5.74, 6) is 0. The molecule has 1 fully saturated rings. The van der Waals surface area contributed by atoms with Crippen molar-refractivity contribution in [2.45, 2.75) is 12.5 Å². The highest BCUT2D eigenvalue weighted by atomic mass is 16.5. The minimum absolute atomic E-state index is 0.149. The Balaban J connectivity index is 2.29. The second-order valence-electron chi connectivity index (χ2n) is 3.00. The van der Waals surface area contributed by atoms with E-state index in [0.29, 0.717) is 19.1 Å². The van der Waals surface area contributed by atoms with Gasteiger partial charge in [0.1, 0.15) is 0 Å². The minimum Gasteiger partial charge on any atom is -0.395 e. The van der Waals surface area contributed by atoms with Crippen molar-refractivity contribution in [3.05, 3.63) is 0 Å². The Labute approximate surface area is 72.7 Å². The van der Waals surface area contributed by atoms with Crippen molar-refractivity contribution in [3.63, 3.8) is 0 Å². The van der Waals surface area contributed by atoms with E-state index in [1.807, 2.05) is 0 Å². The number of aliphatic hydroxyl groups excluding tert-OH is 2. The molecule has 0 amide bonds. The Morgan fingerprint density at radius 3 is 2.33 bits per heavy atom. The summed E-state index contributed by atoms with van der Waals surface area (Å²) in [5, 5.41) is 17.5. The molecular weight excluding hydrogens is 158 g/mol. The topological polar surface area (TPSA) is 52.9 Å². The lowest BCUT2D eigenvalue weighted by atomic mass is 10.2. The van der Waals surface area contributed by atoms with Crippen LogP contribution >= 0.6 is 0 Å². The van der Waals surface area contributed by atoms with E-state index < -0.39 is 0 Å². The molecule has 0 saturated carbocycles. The Morgan fingerprint density at radius 1 is 1.25 bits per heavy atom. The van der Waals surface area contributed by atoms with Crippen molar-refractivity contribution in [2.24, 2.45) is 0 Å². The van der Waals surface area contributed by atoms with E-state index in [0.717, 1.165) is 19.6 Å². The molecule has 1 aliphatic rings. The summed E-state index contributed by atoms with van der Waals surface area (Å²) in [6.07, 6.45) is 1.01. The van der Waals surface area contributed by atoms with Crippen LogP contribution in [0.5, 0.6) is 0 Å². The summed E-state index contributed by atoms with van der Waals surface area (Å²) >= 11 is 0. The average molecular weight is 175 g/mol. The van der Waals surface area contributed by atoms with E-state index in [2.05, 4.69) is 4.90 Å². The van der Waals surface area contributed by atoms with E-state index in [9.17, 15) is 0 Å². The van der Waals surface area contributed by atoms with Gasteiger partial charge in [0, 0.05) is 25.7 Å². The summed E-state index contributed by atoms with van der Waals surface area (Å²) in [5.41, 5.74) is 0. The number of hydrogen-bond donors (Lipinski definition) is 2. The van der Waals surface area contributed by atoms with Crippen molar-refractivity contribution in [3.8, 4) is 0 Å². The zero-order chi connectivity index (χ0) is 8.81. The zero-order valence-corrected chi connectivity index (χ0v) is 7.28. The third-order valence-electron chi connectivity index (χ3n) is 2.20. The van der Waals surface area contributed by atoms with E-state index >= 15 is 0 Å². The van der Waals surface area contributed by atoms with Crippen LogP contribution in [0.25, 0.3) is 0 Å². The highest BCUT2D eigenvalue weighted by Crippen LogP contribution is 2.11. The molecule has 0 bridgehead atoms. The summed E-state index contributed by atoms with van der Waals surface area (Å²) in [6, 6.07) is 0.393. The quantitative estimate of drug-likeness (QED) is 0.566. The number of rotatable bonds is 5. The van der Waals surface area contributed by atoms with E-state index in [1.54, 1.807) is 0 Å². The molecule has 1 unspecified atom stereocenters. The van der Waals surface area contributed by atoms with Gasteiger partial charge in [0.15, 0.2) is 0 Å². The van der Waals surface area contributed by atoms with E-state index in [1.165, 1.54) is 0 Å². The first-order valence-electron chi connectivity index (χ1n) is 4.42. The number of nitrogens with zero attached hydrogens (tertiary/aromatic N) is 1. The molecule has 0 aliphatic carbocycles. The van der Waals surface area contributed by atoms with Crippen LogP contribution in [-0.2, 0) is 4.74 Å². The van der Waals surface area contributed by atoms with Gasteiger partial charge in [-0.05, 0) is 6.42 Å². The van der Waals surface area contributed by atoms with Gasteiger partial charge in [-0.3, -0.25) is 4.90 Å². The lowest BCUT2D eigenvalue weighted by molar-refractivity contribution is 0.105. The van der Waals surface area contributed by atoms with Crippen molar-refractivity contribution in [2.75, 3.05) is 39.5 Å². The van der Waals surface area contributed by atoms with Gasteiger partial charge in [-0.25, -0.2) is 0 Å². The molecular formula is C8H17NO3. The number of ether oxygens (including phenoxy) is 1. The maximum atomic E-state index is 8.76. The van der Waals surface area contributed by atoms with Gasteiger partial charge in [0.2, 0.25) is 0 Å². The van der Waals surface area contributed by atoms with Crippen LogP contribution in [0.3, 0.4) is 0 Å². The predicted molar refractivity (Wildman–Crippen MR) is 45.0 cm³/mol. The van der Waals surface area contributed by atoms with Crippen LogP contribution in [0.2, 0.25) is 0 Å². The molecule has 1 heterocycles. The average Bonchev–Trinajstić information content (AvgIpc) is 2.56. The SMILES string of the molecule is OCCN(CCO)C1CCOC1. The smallest absolute Gasteiger partial charge is 0.0622 e. The largest absolute Gasteiger partial charge is 0.395 e. The first-order chi connectivity index (χ1) is 5.88. The van der Waals surface area contributed by atoms with E-state index in [4.69, 9.17) is 14.9 Å². The third-order valence-corrected chi connectivity index (χ3v) is 2.20. The van der Waals surface area contributed by atoms with Crippen molar-refractivity contribution < 1.29 is 14.9 Å². The molecule has 4 nitrogen and oxygen atoms in total. The fourth-order valence-electron chi connectivity index (χ4n) is 1.54. The first-order valence-corrected chi connectivity index (χ1v) is 4.42. The molecule has 0 aromatic heterocycles. The fourth-order valence-corrected chi connectivity index (χ4v) is 1.54. The normalized spacial score (nSPS) is 23.8. The maximum Gasteiger partial charge on any atom is 0.0622 e. The lowest BCUT2D eigenvalue weighted by Crippen LogP contribution is -2.39. The summed E-state index contributed by atoms with van der Waals surface area (Å²) < 4.78 is 5.23. The van der Waals surface area contributed by atoms with Crippen molar-refractivity contribution in [1.29, 1.82) is 0 Å². The highest BCUT2D eigenvalue weighted by molar-refractivity contribution is 4.75. The number of hydrogen-bond acceptors (Lipinski definition) is 4. The lowest BCUT2D eigenvalue weighted by Gasteiger charge is -2.25. The third kappa shape index (κ3) is 2.71. The molecule has 0 radical (unpaired) electrons. The highest BCUT2D eigenvalue weighted by Gasteiger charge is 2.21. The van der Waals surface area contributed by atoms with E-state index in [-0.39, 0.29) is 13.2 Å². The molecule has 0 aromatic carbocycles. The fraction of sp³-hybridized carbons (Fsp3) is 1.00. The Bertz CT molecular complexity index is 109. The van der Waals surface area contributed by atoms with Crippen LogP contribution in [0.15, 0.2) is 0 Å². The molecule has 0 spiro atoms. The Kier molecular flexibility index (Phi) is 4.53. The molecule has 12 heavy (non-hydrogen) atoms. The molecule has 1 aliphatic heterocycles. The van der Waals surface area contributed by atoms with Gasteiger partial charge < -0.3 is 14.9 Å². The van der Waals surface area contributed by atoms with Crippen LogP contribution in [0.4, 0.5) is 0 Å². The summed E-state index contributed by atoms with van der Waals surface area (Å²) in [7, 11) is 0. The molecule has 1 atom stereocenters. The van der Waals surface area contributed by atoms with Gasteiger partial charge >= 0.3 is 0 Å².